The lowest BCUT2D eigenvalue weighted by Crippen LogP contribution is -2.10. The van der Waals surface area contributed by atoms with E-state index in [0.29, 0.717) is 0 Å². The molecule has 1 aliphatic rings. The molecular formula is C11H21ClN4OS. The molecule has 2 rings (SSSR count). The molecule has 7 heteroatoms. The Morgan fingerprint density at radius 1 is 1.50 bits per heavy atom. The molecule has 0 saturated carbocycles. The third-order valence-electron chi connectivity index (χ3n) is 3.04. The van der Waals surface area contributed by atoms with Crippen molar-refractivity contribution in [2.75, 3.05) is 26.0 Å². The van der Waals surface area contributed by atoms with Crippen molar-refractivity contribution in [2.24, 2.45) is 13.0 Å². The van der Waals surface area contributed by atoms with Crippen LogP contribution >= 0.6 is 24.2 Å². The normalized spacial score (nSPS) is 18.9. The molecule has 1 saturated heterocycles. The van der Waals surface area contributed by atoms with Crippen LogP contribution < -0.4 is 5.32 Å². The van der Waals surface area contributed by atoms with Gasteiger partial charge < -0.3 is 14.6 Å². The zero-order valence-corrected chi connectivity index (χ0v) is 12.5. The zero-order chi connectivity index (χ0) is 12.1. The number of thioether (sulfide) groups is 1. The van der Waals surface area contributed by atoms with Crippen molar-refractivity contribution in [3.63, 3.8) is 0 Å². The van der Waals surface area contributed by atoms with E-state index in [9.17, 15) is 0 Å². The molecule has 2 heterocycles. The van der Waals surface area contributed by atoms with Crippen LogP contribution in [0.25, 0.3) is 0 Å². The molecule has 1 atom stereocenters. The molecule has 1 fully saturated rings. The number of rotatable bonds is 6. The standard InChI is InChI=1S/C11H20N4OS.ClH/c1-12-7-10-13-14-11(15(10)2)17-6-4-9-3-5-16-8-9;/h9,12H,3-8H2,1-2H3;1H. The Hall–Kier alpha value is -0.300. The molecular weight excluding hydrogens is 272 g/mol. The van der Waals surface area contributed by atoms with E-state index in [2.05, 4.69) is 20.1 Å². The summed E-state index contributed by atoms with van der Waals surface area (Å²) in [4.78, 5) is 0. The fourth-order valence-electron chi connectivity index (χ4n) is 1.91. The molecule has 0 bridgehead atoms. The molecule has 0 radical (unpaired) electrons. The van der Waals surface area contributed by atoms with Crippen LogP contribution in [-0.2, 0) is 18.3 Å². The lowest BCUT2D eigenvalue weighted by molar-refractivity contribution is 0.185. The van der Waals surface area contributed by atoms with Crippen molar-refractivity contribution in [2.45, 2.75) is 24.5 Å². The fraction of sp³-hybridized carbons (Fsp3) is 0.818. The van der Waals surface area contributed by atoms with Crippen molar-refractivity contribution >= 4 is 24.2 Å². The molecule has 0 spiro atoms. The monoisotopic (exact) mass is 292 g/mol. The molecule has 1 unspecified atom stereocenters. The average Bonchev–Trinajstić information content (AvgIpc) is 2.94. The first-order valence-electron chi connectivity index (χ1n) is 6.04. The number of hydrogen-bond donors (Lipinski definition) is 1. The minimum absolute atomic E-state index is 0. The SMILES string of the molecule is CNCc1nnc(SCCC2CCOC2)n1C.Cl. The Morgan fingerprint density at radius 3 is 3.00 bits per heavy atom. The fourth-order valence-corrected chi connectivity index (χ4v) is 2.94. The molecule has 0 amide bonds. The van der Waals surface area contributed by atoms with E-state index in [0.717, 1.165) is 42.4 Å². The quantitative estimate of drug-likeness (QED) is 0.805. The van der Waals surface area contributed by atoms with Crippen LogP contribution in [0.2, 0.25) is 0 Å². The summed E-state index contributed by atoms with van der Waals surface area (Å²) in [6.45, 7) is 2.64. The first-order chi connectivity index (χ1) is 8.31. The summed E-state index contributed by atoms with van der Waals surface area (Å²) in [5.41, 5.74) is 0. The van der Waals surface area contributed by atoms with Gasteiger partial charge in [-0.25, -0.2) is 0 Å². The number of nitrogens with zero attached hydrogens (tertiary/aromatic N) is 3. The van der Waals surface area contributed by atoms with Gasteiger partial charge in [0, 0.05) is 26.0 Å². The molecule has 104 valence electrons. The molecule has 5 nitrogen and oxygen atoms in total. The predicted molar refractivity (Wildman–Crippen MR) is 75.3 cm³/mol. The number of halogens is 1. The number of ether oxygens (including phenoxy) is 1. The Labute approximate surface area is 118 Å². The maximum Gasteiger partial charge on any atom is 0.190 e. The first-order valence-corrected chi connectivity index (χ1v) is 7.03. The molecule has 1 aliphatic heterocycles. The van der Waals surface area contributed by atoms with Crippen LogP contribution in [0.15, 0.2) is 5.16 Å². The van der Waals surface area contributed by atoms with Crippen LogP contribution in [-0.4, -0.2) is 40.8 Å². The first kappa shape index (κ1) is 15.8. The van der Waals surface area contributed by atoms with Crippen molar-refractivity contribution in [1.29, 1.82) is 0 Å². The van der Waals surface area contributed by atoms with Gasteiger partial charge in [-0.15, -0.1) is 22.6 Å². The Kier molecular flexibility index (Phi) is 6.99. The van der Waals surface area contributed by atoms with Crippen molar-refractivity contribution < 1.29 is 4.74 Å². The van der Waals surface area contributed by atoms with Gasteiger partial charge in [0.1, 0.15) is 5.82 Å². The van der Waals surface area contributed by atoms with Crippen LogP contribution in [0.1, 0.15) is 18.7 Å². The molecule has 1 aromatic heterocycles. The third kappa shape index (κ3) is 4.12. The van der Waals surface area contributed by atoms with E-state index < -0.39 is 0 Å². The van der Waals surface area contributed by atoms with Gasteiger partial charge in [-0.05, 0) is 25.8 Å². The highest BCUT2D eigenvalue weighted by Gasteiger charge is 2.16. The van der Waals surface area contributed by atoms with Gasteiger partial charge in [0.05, 0.1) is 6.54 Å². The lowest BCUT2D eigenvalue weighted by Gasteiger charge is -2.06. The van der Waals surface area contributed by atoms with Crippen molar-refractivity contribution in [1.82, 2.24) is 20.1 Å². The molecule has 0 aromatic carbocycles. The van der Waals surface area contributed by atoms with Gasteiger partial charge in [-0.3, -0.25) is 0 Å². The second-order valence-electron chi connectivity index (χ2n) is 4.35. The van der Waals surface area contributed by atoms with Gasteiger partial charge in [0.25, 0.3) is 0 Å². The smallest absolute Gasteiger partial charge is 0.190 e. The van der Waals surface area contributed by atoms with E-state index in [1.54, 1.807) is 11.8 Å². The van der Waals surface area contributed by atoms with E-state index >= 15 is 0 Å². The van der Waals surface area contributed by atoms with Crippen molar-refractivity contribution in [3.8, 4) is 0 Å². The van der Waals surface area contributed by atoms with Crippen LogP contribution in [0.5, 0.6) is 0 Å². The molecule has 1 aromatic rings. The second kappa shape index (κ2) is 7.99. The summed E-state index contributed by atoms with van der Waals surface area (Å²) in [7, 11) is 3.94. The maximum atomic E-state index is 5.37. The summed E-state index contributed by atoms with van der Waals surface area (Å²) in [6.07, 6.45) is 2.42. The third-order valence-corrected chi connectivity index (χ3v) is 4.09. The second-order valence-corrected chi connectivity index (χ2v) is 5.42. The summed E-state index contributed by atoms with van der Waals surface area (Å²) in [6, 6.07) is 0. The van der Waals surface area contributed by atoms with Gasteiger partial charge in [-0.2, -0.15) is 0 Å². The zero-order valence-electron chi connectivity index (χ0n) is 10.9. The Morgan fingerprint density at radius 2 is 2.33 bits per heavy atom. The van der Waals surface area contributed by atoms with E-state index in [4.69, 9.17) is 4.74 Å². The highest BCUT2D eigenvalue weighted by atomic mass is 35.5. The number of hydrogen-bond acceptors (Lipinski definition) is 5. The van der Waals surface area contributed by atoms with Crippen LogP contribution in [0, 0.1) is 5.92 Å². The highest BCUT2D eigenvalue weighted by molar-refractivity contribution is 7.99. The average molecular weight is 293 g/mol. The number of nitrogens with one attached hydrogen (secondary N) is 1. The van der Waals surface area contributed by atoms with Crippen molar-refractivity contribution in [3.05, 3.63) is 5.82 Å². The largest absolute Gasteiger partial charge is 0.381 e. The van der Waals surface area contributed by atoms with Crippen LogP contribution in [0.3, 0.4) is 0 Å². The predicted octanol–water partition coefficient (Wildman–Crippen LogP) is 1.47. The van der Waals surface area contributed by atoms with Gasteiger partial charge in [-0.1, -0.05) is 11.8 Å². The minimum atomic E-state index is 0. The van der Waals surface area contributed by atoms with E-state index in [1.165, 1.54) is 12.8 Å². The van der Waals surface area contributed by atoms with E-state index in [-0.39, 0.29) is 12.4 Å². The topological polar surface area (TPSA) is 52.0 Å². The lowest BCUT2D eigenvalue weighted by atomic mass is 10.1. The summed E-state index contributed by atoms with van der Waals surface area (Å²) in [5.74, 6) is 2.83. The van der Waals surface area contributed by atoms with Crippen LogP contribution in [0.4, 0.5) is 0 Å². The maximum absolute atomic E-state index is 5.37. The van der Waals surface area contributed by atoms with Gasteiger partial charge in [0.2, 0.25) is 0 Å². The molecule has 18 heavy (non-hydrogen) atoms. The van der Waals surface area contributed by atoms with E-state index in [1.807, 2.05) is 14.1 Å². The number of aromatic nitrogens is 3. The molecule has 1 N–H and O–H groups in total. The minimum Gasteiger partial charge on any atom is -0.381 e. The van der Waals surface area contributed by atoms with Gasteiger partial charge in [0.15, 0.2) is 5.16 Å². The van der Waals surface area contributed by atoms with Gasteiger partial charge >= 0.3 is 0 Å². The summed E-state index contributed by atoms with van der Waals surface area (Å²) >= 11 is 1.79. The Balaban J connectivity index is 0.00000162. The summed E-state index contributed by atoms with van der Waals surface area (Å²) in [5, 5.41) is 12.5. The summed E-state index contributed by atoms with van der Waals surface area (Å²) < 4.78 is 7.43. The molecule has 0 aliphatic carbocycles. The Bertz CT molecular complexity index is 355. The highest BCUT2D eigenvalue weighted by Crippen LogP contribution is 2.22.